The van der Waals surface area contributed by atoms with Crippen molar-refractivity contribution in [3.8, 4) is 0 Å². The van der Waals surface area contributed by atoms with Crippen molar-refractivity contribution in [2.45, 2.75) is 51.1 Å². The molecular formula is C19H34N4O3. The number of nitrogens with zero attached hydrogens (tertiary/aromatic N) is 3. The Kier molecular flexibility index (Phi) is 6.89. The normalized spacial score (nSPS) is 27.4. The highest BCUT2D eigenvalue weighted by Gasteiger charge is 2.32. The van der Waals surface area contributed by atoms with E-state index in [4.69, 9.17) is 10.5 Å². The van der Waals surface area contributed by atoms with Crippen LogP contribution < -0.4 is 5.73 Å². The summed E-state index contributed by atoms with van der Waals surface area (Å²) in [5.41, 5.74) is 6.23. The van der Waals surface area contributed by atoms with Gasteiger partial charge in [0.1, 0.15) is 0 Å². The van der Waals surface area contributed by atoms with E-state index >= 15 is 0 Å². The van der Waals surface area contributed by atoms with Crippen LogP contribution in [-0.2, 0) is 14.3 Å². The Labute approximate surface area is 156 Å². The molecule has 3 aliphatic heterocycles. The lowest BCUT2D eigenvalue weighted by atomic mass is 9.91. The van der Waals surface area contributed by atoms with Gasteiger partial charge in [0.15, 0.2) is 0 Å². The fourth-order valence-electron chi connectivity index (χ4n) is 4.36. The molecular weight excluding hydrogens is 332 g/mol. The molecule has 148 valence electrons. The highest BCUT2D eigenvalue weighted by molar-refractivity contribution is 5.82. The van der Waals surface area contributed by atoms with Crippen LogP contribution in [0, 0.1) is 5.92 Å². The monoisotopic (exact) mass is 366 g/mol. The van der Waals surface area contributed by atoms with E-state index in [-0.39, 0.29) is 17.7 Å². The molecule has 3 saturated heterocycles. The van der Waals surface area contributed by atoms with Gasteiger partial charge in [0, 0.05) is 52.0 Å². The second kappa shape index (κ2) is 9.15. The topological polar surface area (TPSA) is 79.1 Å². The first-order chi connectivity index (χ1) is 12.6. The Morgan fingerprint density at radius 1 is 1.04 bits per heavy atom. The van der Waals surface area contributed by atoms with Crippen molar-refractivity contribution in [1.29, 1.82) is 0 Å². The molecule has 0 aromatic rings. The first-order valence-electron chi connectivity index (χ1n) is 10.2. The average Bonchev–Trinajstić information content (AvgIpc) is 2.68. The maximum absolute atomic E-state index is 12.7. The predicted octanol–water partition coefficient (Wildman–Crippen LogP) is 0.286. The smallest absolute Gasteiger partial charge is 0.239 e. The molecule has 26 heavy (non-hydrogen) atoms. The van der Waals surface area contributed by atoms with Crippen LogP contribution in [-0.4, -0.2) is 91.1 Å². The van der Waals surface area contributed by atoms with Crippen LogP contribution in [0.4, 0.5) is 0 Å². The predicted molar refractivity (Wildman–Crippen MR) is 99.6 cm³/mol. The first kappa shape index (κ1) is 19.6. The van der Waals surface area contributed by atoms with Crippen molar-refractivity contribution in [2.75, 3.05) is 52.5 Å². The third-order valence-electron chi connectivity index (χ3n) is 6.23. The number of nitrogens with two attached hydrogens (primary N) is 1. The number of piperazine rings is 1. The molecule has 3 fully saturated rings. The SMILES string of the molecule is CC1CCCCN1C(=O)CN1CCN(C(=O)C(N)C2CCOCC2)CC1. The molecule has 3 rings (SSSR count). The highest BCUT2D eigenvalue weighted by atomic mass is 16.5. The molecule has 7 heteroatoms. The van der Waals surface area contributed by atoms with Gasteiger partial charge in [0.2, 0.25) is 11.8 Å². The number of hydrogen-bond acceptors (Lipinski definition) is 5. The van der Waals surface area contributed by atoms with Gasteiger partial charge < -0.3 is 20.3 Å². The summed E-state index contributed by atoms with van der Waals surface area (Å²) >= 11 is 0. The Morgan fingerprint density at radius 3 is 2.38 bits per heavy atom. The first-order valence-corrected chi connectivity index (χ1v) is 10.2. The number of ether oxygens (including phenoxy) is 1. The van der Waals surface area contributed by atoms with Crippen molar-refractivity contribution in [1.82, 2.24) is 14.7 Å². The molecule has 2 atom stereocenters. The van der Waals surface area contributed by atoms with E-state index in [2.05, 4.69) is 11.8 Å². The van der Waals surface area contributed by atoms with E-state index in [1.165, 1.54) is 6.42 Å². The van der Waals surface area contributed by atoms with Crippen LogP contribution in [0.25, 0.3) is 0 Å². The van der Waals surface area contributed by atoms with Gasteiger partial charge in [0.05, 0.1) is 12.6 Å². The molecule has 3 heterocycles. The lowest BCUT2D eigenvalue weighted by molar-refractivity contribution is -0.138. The van der Waals surface area contributed by atoms with Gasteiger partial charge in [-0.1, -0.05) is 0 Å². The van der Waals surface area contributed by atoms with Crippen LogP contribution >= 0.6 is 0 Å². The van der Waals surface area contributed by atoms with Gasteiger partial charge in [0.25, 0.3) is 0 Å². The van der Waals surface area contributed by atoms with Gasteiger partial charge in [-0.15, -0.1) is 0 Å². The van der Waals surface area contributed by atoms with E-state index < -0.39 is 6.04 Å². The minimum atomic E-state index is -0.415. The van der Waals surface area contributed by atoms with E-state index in [1.807, 2.05) is 9.80 Å². The minimum Gasteiger partial charge on any atom is -0.381 e. The summed E-state index contributed by atoms with van der Waals surface area (Å²) in [7, 11) is 0. The van der Waals surface area contributed by atoms with Crippen molar-refractivity contribution < 1.29 is 14.3 Å². The largest absolute Gasteiger partial charge is 0.381 e. The summed E-state index contributed by atoms with van der Waals surface area (Å²) in [5, 5.41) is 0. The number of likely N-dealkylation sites (tertiary alicyclic amines) is 1. The van der Waals surface area contributed by atoms with E-state index in [0.717, 1.165) is 45.3 Å². The Morgan fingerprint density at radius 2 is 1.73 bits per heavy atom. The summed E-state index contributed by atoms with van der Waals surface area (Å²) in [6.45, 7) is 7.74. The molecule has 2 amide bonds. The lowest BCUT2D eigenvalue weighted by Crippen LogP contribution is -2.56. The van der Waals surface area contributed by atoms with Crippen molar-refractivity contribution in [3.63, 3.8) is 0 Å². The molecule has 0 aromatic heterocycles. The van der Waals surface area contributed by atoms with Crippen LogP contribution in [0.5, 0.6) is 0 Å². The number of rotatable bonds is 4. The second-order valence-electron chi connectivity index (χ2n) is 8.01. The molecule has 0 saturated carbocycles. The van der Waals surface area contributed by atoms with Crippen molar-refractivity contribution in [2.24, 2.45) is 11.7 Å². The van der Waals surface area contributed by atoms with Crippen molar-refractivity contribution in [3.05, 3.63) is 0 Å². The molecule has 7 nitrogen and oxygen atoms in total. The van der Waals surface area contributed by atoms with Gasteiger partial charge in [-0.25, -0.2) is 0 Å². The molecule has 2 N–H and O–H groups in total. The lowest BCUT2D eigenvalue weighted by Gasteiger charge is -2.39. The molecule has 0 bridgehead atoms. The van der Waals surface area contributed by atoms with Crippen LogP contribution in [0.1, 0.15) is 39.0 Å². The third-order valence-corrected chi connectivity index (χ3v) is 6.23. The minimum absolute atomic E-state index is 0.0625. The average molecular weight is 367 g/mol. The molecule has 3 aliphatic rings. The fourth-order valence-corrected chi connectivity index (χ4v) is 4.36. The third kappa shape index (κ3) is 4.75. The molecule has 0 aliphatic carbocycles. The fraction of sp³-hybridized carbons (Fsp3) is 0.895. The Bertz CT molecular complexity index is 487. The standard InChI is InChI=1S/C19H34N4O3/c1-15-4-2-3-7-23(15)17(24)14-21-8-10-22(11-9-21)19(25)18(20)16-5-12-26-13-6-16/h15-16,18H,2-14,20H2,1H3. The zero-order valence-corrected chi connectivity index (χ0v) is 16.1. The Balaban J connectivity index is 1.43. The van der Waals surface area contributed by atoms with Gasteiger partial charge >= 0.3 is 0 Å². The van der Waals surface area contributed by atoms with Gasteiger partial charge in [-0.2, -0.15) is 0 Å². The van der Waals surface area contributed by atoms with Gasteiger partial charge in [-0.05, 0) is 44.9 Å². The van der Waals surface area contributed by atoms with E-state index in [9.17, 15) is 9.59 Å². The quantitative estimate of drug-likeness (QED) is 0.773. The van der Waals surface area contributed by atoms with E-state index in [1.54, 1.807) is 0 Å². The number of carbonyl (C=O) groups excluding carboxylic acids is 2. The second-order valence-corrected chi connectivity index (χ2v) is 8.01. The molecule has 0 aromatic carbocycles. The zero-order chi connectivity index (χ0) is 18.5. The summed E-state index contributed by atoms with van der Waals surface area (Å²) < 4.78 is 5.36. The number of hydrogen-bond donors (Lipinski definition) is 1. The molecule has 2 unspecified atom stereocenters. The summed E-state index contributed by atoms with van der Waals surface area (Å²) in [5.74, 6) is 0.528. The summed E-state index contributed by atoms with van der Waals surface area (Å²) in [4.78, 5) is 31.3. The Hall–Kier alpha value is -1.18. The maximum Gasteiger partial charge on any atom is 0.239 e. The number of carbonyl (C=O) groups is 2. The van der Waals surface area contributed by atoms with Crippen LogP contribution in [0.3, 0.4) is 0 Å². The maximum atomic E-state index is 12.7. The van der Waals surface area contributed by atoms with Gasteiger partial charge in [-0.3, -0.25) is 14.5 Å². The van der Waals surface area contributed by atoms with E-state index in [0.29, 0.717) is 38.9 Å². The summed E-state index contributed by atoms with van der Waals surface area (Å²) in [6, 6.07) is -0.0575. The number of amides is 2. The highest BCUT2D eigenvalue weighted by Crippen LogP contribution is 2.20. The number of piperidine rings is 1. The molecule has 0 spiro atoms. The van der Waals surface area contributed by atoms with Crippen LogP contribution in [0.15, 0.2) is 0 Å². The van der Waals surface area contributed by atoms with Crippen LogP contribution in [0.2, 0.25) is 0 Å². The summed E-state index contributed by atoms with van der Waals surface area (Å²) in [6.07, 6.45) is 5.18. The zero-order valence-electron chi connectivity index (χ0n) is 16.1. The molecule has 0 radical (unpaired) electrons. The van der Waals surface area contributed by atoms with Crippen molar-refractivity contribution >= 4 is 11.8 Å².